The molecule has 0 unspecified atom stereocenters. The number of ether oxygens (including phenoxy) is 6. The molecule has 1 aliphatic rings. The predicted octanol–water partition coefficient (Wildman–Crippen LogP) is 0.774. The molecule has 1 rings (SSSR count). The van der Waals surface area contributed by atoms with Crippen molar-refractivity contribution in [2.75, 3.05) is 26.9 Å². The third kappa shape index (κ3) is 9.48. The van der Waals surface area contributed by atoms with Crippen LogP contribution >= 0.6 is 7.60 Å². The minimum atomic E-state index is -4.67. The fourth-order valence-electron chi connectivity index (χ4n) is 4.29. The predicted molar refractivity (Wildman–Crippen MR) is 136 cm³/mol. The van der Waals surface area contributed by atoms with E-state index in [1.807, 2.05) is 0 Å². The molecule has 0 spiro atoms. The second kappa shape index (κ2) is 15.8. The molecule has 1 aliphatic heterocycles. The van der Waals surface area contributed by atoms with Crippen molar-refractivity contribution < 1.29 is 70.8 Å². The van der Waals surface area contributed by atoms with E-state index in [9.17, 15) is 33.3 Å². The Morgan fingerprint density at radius 2 is 1.46 bits per heavy atom. The fraction of sp³-hybridized carbons (Fsp3) is 0.750. The van der Waals surface area contributed by atoms with Crippen molar-refractivity contribution in [2.45, 2.75) is 90.7 Å². The molecule has 1 fully saturated rings. The SMILES string of the molecule is CCOP(=O)(OCC)[C@@]1(C(=O)OC)C[C@H](OC(C)=O)[C@@H](NC(C)=O)[C@H]([C@H](OC(C)=O)[C@@H](COC(C)=O)OC(C)=O)O1. The van der Waals surface area contributed by atoms with Crippen molar-refractivity contribution >= 4 is 43.3 Å². The van der Waals surface area contributed by atoms with Gasteiger partial charge in [0, 0.05) is 41.0 Å². The largest absolute Gasteiger partial charge is 0.466 e. The average Bonchev–Trinajstić information content (AvgIpc) is 2.84. The van der Waals surface area contributed by atoms with E-state index in [0.29, 0.717) is 0 Å². The Kier molecular flexibility index (Phi) is 13.9. The molecule has 1 saturated heterocycles. The maximum absolute atomic E-state index is 14.2. The van der Waals surface area contributed by atoms with Crippen LogP contribution in [0.4, 0.5) is 0 Å². The molecule has 0 bridgehead atoms. The van der Waals surface area contributed by atoms with Gasteiger partial charge < -0.3 is 42.8 Å². The summed E-state index contributed by atoms with van der Waals surface area (Å²) in [7, 11) is -3.70. The number of esters is 5. The minimum absolute atomic E-state index is 0.229. The van der Waals surface area contributed by atoms with E-state index in [2.05, 4.69) is 5.32 Å². The van der Waals surface area contributed by atoms with Crippen molar-refractivity contribution in [3.8, 4) is 0 Å². The maximum atomic E-state index is 14.2. The van der Waals surface area contributed by atoms with Crippen LogP contribution in [-0.4, -0.2) is 98.5 Å². The Labute approximate surface area is 237 Å². The Balaban J connectivity index is 4.08. The third-order valence-electron chi connectivity index (χ3n) is 5.56. The van der Waals surface area contributed by atoms with Gasteiger partial charge in [-0.3, -0.25) is 28.5 Å². The Morgan fingerprint density at radius 3 is 1.88 bits per heavy atom. The smallest absolute Gasteiger partial charge is 0.374 e. The van der Waals surface area contributed by atoms with Crippen LogP contribution in [0, 0.1) is 0 Å². The number of methoxy groups -OCH3 is 1. The molecule has 0 aromatic heterocycles. The number of hydrogen-bond donors (Lipinski definition) is 1. The van der Waals surface area contributed by atoms with Crippen molar-refractivity contribution in [1.29, 1.82) is 0 Å². The summed E-state index contributed by atoms with van der Waals surface area (Å²) >= 11 is 0. The van der Waals surface area contributed by atoms with Gasteiger partial charge in [-0.05, 0) is 13.8 Å². The topological polar surface area (TPSA) is 205 Å². The van der Waals surface area contributed by atoms with E-state index in [1.165, 1.54) is 13.8 Å². The molecule has 0 saturated carbocycles. The highest BCUT2D eigenvalue weighted by atomic mass is 31.2. The summed E-state index contributed by atoms with van der Waals surface area (Å²) in [6.07, 6.45) is -7.31. The lowest BCUT2D eigenvalue weighted by Gasteiger charge is -2.49. The molecule has 16 nitrogen and oxygen atoms in total. The van der Waals surface area contributed by atoms with Crippen LogP contribution in [0.2, 0.25) is 0 Å². The van der Waals surface area contributed by atoms with Gasteiger partial charge in [-0.15, -0.1) is 0 Å². The summed E-state index contributed by atoms with van der Waals surface area (Å²) in [5.74, 6) is -5.43. The lowest BCUT2D eigenvalue weighted by Crippen LogP contribution is -2.68. The lowest BCUT2D eigenvalue weighted by molar-refractivity contribution is -0.229. The first kappa shape index (κ1) is 36.0. The number of carbonyl (C=O) groups is 6. The van der Waals surface area contributed by atoms with Crippen molar-refractivity contribution in [2.24, 2.45) is 0 Å². The number of nitrogens with one attached hydrogen (secondary N) is 1. The van der Waals surface area contributed by atoms with E-state index in [-0.39, 0.29) is 13.2 Å². The number of carbonyl (C=O) groups excluding carboxylic acids is 6. The lowest BCUT2D eigenvalue weighted by atomic mass is 9.89. The first-order chi connectivity index (χ1) is 19.1. The van der Waals surface area contributed by atoms with Crippen LogP contribution < -0.4 is 5.32 Å². The molecular weight excluding hydrogens is 573 g/mol. The van der Waals surface area contributed by atoms with Gasteiger partial charge in [0.1, 0.15) is 18.8 Å². The highest BCUT2D eigenvalue weighted by Gasteiger charge is 2.68. The van der Waals surface area contributed by atoms with Gasteiger partial charge in [0.05, 0.1) is 26.4 Å². The monoisotopic (exact) mass is 611 g/mol. The molecule has 1 heterocycles. The third-order valence-corrected chi connectivity index (χ3v) is 8.11. The molecule has 6 atom stereocenters. The summed E-state index contributed by atoms with van der Waals surface area (Å²) < 4.78 is 57.4. The molecule has 17 heteroatoms. The van der Waals surface area contributed by atoms with Gasteiger partial charge in [0.15, 0.2) is 12.2 Å². The van der Waals surface area contributed by atoms with Gasteiger partial charge in [-0.2, -0.15) is 0 Å². The second-order valence-electron chi connectivity index (χ2n) is 8.79. The average molecular weight is 612 g/mol. The highest BCUT2D eigenvalue weighted by Crippen LogP contribution is 2.65. The summed E-state index contributed by atoms with van der Waals surface area (Å²) in [4.78, 5) is 73.8. The summed E-state index contributed by atoms with van der Waals surface area (Å²) in [5.41, 5.74) is 0. The standard InChI is InChI=1S/C24H38NO15P/c1-9-35-41(32,36-10-2)24(23(31)33-8)11-18(37-15(5)28)20(25-13(3)26)22(40-24)21(39-17(7)30)19(38-16(6)29)12-34-14(4)27/h18-22H,9-12H2,1-8H3,(H,25,26)/t18-,19+,20+,21+,22+,24+/m0/s1. The van der Waals surface area contributed by atoms with Crippen molar-refractivity contribution in [3.63, 3.8) is 0 Å². The normalized spacial score (nSPS) is 23.8. The van der Waals surface area contributed by atoms with Gasteiger partial charge >= 0.3 is 37.4 Å². The second-order valence-corrected chi connectivity index (χ2v) is 11.0. The fourth-order valence-corrected chi connectivity index (χ4v) is 6.43. The first-order valence-corrected chi connectivity index (χ1v) is 14.2. The van der Waals surface area contributed by atoms with Crippen LogP contribution in [0.25, 0.3) is 0 Å². The zero-order valence-electron chi connectivity index (χ0n) is 24.3. The van der Waals surface area contributed by atoms with Crippen LogP contribution in [0.1, 0.15) is 54.9 Å². The number of hydrogen-bond acceptors (Lipinski definition) is 15. The van der Waals surface area contributed by atoms with Gasteiger partial charge in [0.2, 0.25) is 5.91 Å². The molecule has 0 aromatic carbocycles. The minimum Gasteiger partial charge on any atom is -0.466 e. The molecule has 0 aliphatic carbocycles. The van der Waals surface area contributed by atoms with Crippen LogP contribution in [-0.2, 0) is 70.8 Å². The van der Waals surface area contributed by atoms with Gasteiger partial charge in [0.25, 0.3) is 5.34 Å². The number of rotatable bonds is 14. The van der Waals surface area contributed by atoms with E-state index in [0.717, 1.165) is 41.7 Å². The molecule has 1 N–H and O–H groups in total. The van der Waals surface area contributed by atoms with Crippen molar-refractivity contribution in [1.82, 2.24) is 5.32 Å². The zero-order valence-corrected chi connectivity index (χ0v) is 25.2. The summed E-state index contributed by atoms with van der Waals surface area (Å²) in [5, 5.41) is -0.125. The maximum Gasteiger partial charge on any atom is 0.374 e. The summed E-state index contributed by atoms with van der Waals surface area (Å²) in [6.45, 7) is 7.08. The molecule has 41 heavy (non-hydrogen) atoms. The number of amides is 1. The molecule has 0 aromatic rings. The van der Waals surface area contributed by atoms with E-state index >= 15 is 0 Å². The van der Waals surface area contributed by atoms with Gasteiger partial charge in [-0.25, -0.2) is 4.79 Å². The highest BCUT2D eigenvalue weighted by molar-refractivity contribution is 7.56. The Morgan fingerprint density at radius 1 is 0.902 bits per heavy atom. The Bertz CT molecular complexity index is 1020. The van der Waals surface area contributed by atoms with E-state index < -0.39 is 92.2 Å². The van der Waals surface area contributed by atoms with Crippen molar-refractivity contribution in [3.05, 3.63) is 0 Å². The Hall–Kier alpha value is -3.07. The van der Waals surface area contributed by atoms with Crippen LogP contribution in [0.5, 0.6) is 0 Å². The van der Waals surface area contributed by atoms with Gasteiger partial charge in [-0.1, -0.05) is 0 Å². The molecule has 234 valence electrons. The van der Waals surface area contributed by atoms with E-state index in [1.54, 1.807) is 0 Å². The molecule has 0 radical (unpaired) electrons. The molecule has 1 amide bonds. The quantitative estimate of drug-likeness (QED) is 0.164. The summed E-state index contributed by atoms with van der Waals surface area (Å²) in [6, 6.07) is -1.41. The first-order valence-electron chi connectivity index (χ1n) is 12.6. The van der Waals surface area contributed by atoms with Crippen LogP contribution in [0.3, 0.4) is 0 Å². The zero-order chi connectivity index (χ0) is 31.5. The van der Waals surface area contributed by atoms with Crippen LogP contribution in [0.15, 0.2) is 0 Å². The molecular formula is C24H38NO15P. The van der Waals surface area contributed by atoms with E-state index in [4.69, 9.17) is 37.5 Å².